The molecule has 0 aromatic heterocycles. The van der Waals surface area contributed by atoms with Crippen LogP contribution in [0.5, 0.6) is 5.75 Å². The van der Waals surface area contributed by atoms with E-state index in [0.29, 0.717) is 5.56 Å². The minimum absolute atomic E-state index is 0.0581. The molecule has 0 aliphatic carbocycles. The van der Waals surface area contributed by atoms with E-state index in [2.05, 4.69) is 4.74 Å². The summed E-state index contributed by atoms with van der Waals surface area (Å²) < 4.78 is 4.57. The van der Waals surface area contributed by atoms with Crippen molar-refractivity contribution in [1.82, 2.24) is 5.73 Å². The molecule has 0 unspecified atom stereocenters. The van der Waals surface area contributed by atoms with Crippen LogP contribution in [0, 0.1) is 0 Å². The van der Waals surface area contributed by atoms with E-state index in [1.54, 1.807) is 12.1 Å². The van der Waals surface area contributed by atoms with E-state index in [9.17, 15) is 4.79 Å². The van der Waals surface area contributed by atoms with Crippen LogP contribution >= 0.6 is 0 Å². The van der Waals surface area contributed by atoms with Gasteiger partial charge in [0.05, 0.1) is 13.0 Å². The van der Waals surface area contributed by atoms with Gasteiger partial charge in [-0.15, -0.1) is 0 Å². The molecular weight excluding hydrogens is 182 g/mol. The van der Waals surface area contributed by atoms with Crippen LogP contribution in [0.2, 0.25) is 0 Å². The van der Waals surface area contributed by atoms with Crippen molar-refractivity contribution in [2.75, 3.05) is 13.7 Å². The van der Waals surface area contributed by atoms with Crippen LogP contribution < -0.4 is 5.73 Å². The summed E-state index contributed by atoms with van der Waals surface area (Å²) in [7, 11) is 1.30. The summed E-state index contributed by atoms with van der Waals surface area (Å²) in [5, 5.41) is 9.04. The maximum Gasteiger partial charge on any atom is 0.314 e. The quantitative estimate of drug-likeness (QED) is 0.727. The molecule has 0 saturated heterocycles. The topological polar surface area (TPSA) is 70.3 Å². The predicted octanol–water partition coefficient (Wildman–Crippen LogP) is 0.932. The van der Waals surface area contributed by atoms with Gasteiger partial charge in [0.2, 0.25) is 0 Å². The van der Waals surface area contributed by atoms with Crippen molar-refractivity contribution in [3.8, 4) is 5.75 Å². The molecule has 0 heterocycles. The lowest BCUT2D eigenvalue weighted by molar-refractivity contribution is -0.142. The molecule has 1 atom stereocenters. The predicted molar refractivity (Wildman–Crippen MR) is 50.8 cm³/mol. The van der Waals surface area contributed by atoms with Gasteiger partial charge in [-0.2, -0.15) is 0 Å². The Morgan fingerprint density at radius 2 is 2.07 bits per heavy atom. The summed E-state index contributed by atoms with van der Waals surface area (Å²) in [5.41, 5.74) is 7.91. The molecule has 0 fully saturated rings. The van der Waals surface area contributed by atoms with Gasteiger partial charge in [-0.3, -0.25) is 10.5 Å². The molecule has 0 spiro atoms. The zero-order chi connectivity index (χ0) is 10.6. The van der Waals surface area contributed by atoms with Crippen molar-refractivity contribution in [3.05, 3.63) is 29.8 Å². The second kappa shape index (κ2) is 4.62. The summed E-state index contributed by atoms with van der Waals surface area (Å²) in [6.45, 7) is -0.0581. The summed E-state index contributed by atoms with van der Waals surface area (Å²) >= 11 is 0. The Balaban J connectivity index is 2.89. The van der Waals surface area contributed by atoms with Gasteiger partial charge in [-0.05, 0) is 17.7 Å². The first kappa shape index (κ1) is 10.5. The Labute approximate surface area is 82.3 Å². The number of aromatic hydroxyl groups is 1. The number of esters is 1. The number of carbonyl (C=O) groups excluding carboxylic acids is 1. The first-order chi connectivity index (χ1) is 6.69. The highest BCUT2D eigenvalue weighted by Crippen LogP contribution is 2.19. The van der Waals surface area contributed by atoms with Crippen LogP contribution in [0.15, 0.2) is 24.3 Å². The SMILES string of the molecule is COC(=O)[C@@H](C[NH])c1ccc(O)cc1. The number of ether oxygens (including phenoxy) is 1. The van der Waals surface area contributed by atoms with Crippen molar-refractivity contribution in [1.29, 1.82) is 0 Å². The molecule has 0 aliphatic rings. The fraction of sp³-hybridized carbons (Fsp3) is 0.300. The smallest absolute Gasteiger partial charge is 0.314 e. The molecule has 0 bridgehead atoms. The molecule has 0 amide bonds. The Bertz CT molecular complexity index is 308. The third-order valence-electron chi connectivity index (χ3n) is 1.99. The van der Waals surface area contributed by atoms with E-state index >= 15 is 0 Å². The number of carbonyl (C=O) groups is 1. The number of nitrogens with one attached hydrogen (secondary N) is 1. The standard InChI is InChI=1S/C10H12NO3/c1-14-10(13)9(6-11)7-2-4-8(12)5-3-7/h2-5,9,11-12H,6H2,1H3/t9-/m0/s1. The van der Waals surface area contributed by atoms with E-state index in [0.717, 1.165) is 0 Å². The minimum Gasteiger partial charge on any atom is -0.508 e. The fourth-order valence-corrected chi connectivity index (χ4v) is 1.19. The summed E-state index contributed by atoms with van der Waals surface area (Å²) in [6.07, 6.45) is 0. The van der Waals surface area contributed by atoms with Crippen molar-refractivity contribution in [3.63, 3.8) is 0 Å². The number of rotatable bonds is 3. The highest BCUT2D eigenvalue weighted by atomic mass is 16.5. The van der Waals surface area contributed by atoms with Crippen LogP contribution in [-0.4, -0.2) is 24.7 Å². The van der Waals surface area contributed by atoms with Gasteiger partial charge in [-0.1, -0.05) is 12.1 Å². The zero-order valence-electron chi connectivity index (χ0n) is 7.86. The molecule has 4 heteroatoms. The molecular formula is C10H12NO3. The Morgan fingerprint density at radius 1 is 1.50 bits per heavy atom. The molecule has 14 heavy (non-hydrogen) atoms. The Morgan fingerprint density at radius 3 is 2.50 bits per heavy atom. The maximum absolute atomic E-state index is 11.2. The lowest BCUT2D eigenvalue weighted by Gasteiger charge is -2.11. The van der Waals surface area contributed by atoms with E-state index in [1.807, 2.05) is 0 Å². The fourth-order valence-electron chi connectivity index (χ4n) is 1.19. The van der Waals surface area contributed by atoms with Crippen LogP contribution in [-0.2, 0) is 9.53 Å². The van der Waals surface area contributed by atoms with E-state index in [1.165, 1.54) is 19.2 Å². The molecule has 1 aromatic carbocycles. The van der Waals surface area contributed by atoms with Gasteiger partial charge in [0.15, 0.2) is 0 Å². The molecule has 2 N–H and O–H groups in total. The van der Waals surface area contributed by atoms with Gasteiger partial charge in [0.1, 0.15) is 5.75 Å². The van der Waals surface area contributed by atoms with Gasteiger partial charge < -0.3 is 9.84 Å². The Kier molecular flexibility index (Phi) is 3.48. The van der Waals surface area contributed by atoms with E-state index < -0.39 is 11.9 Å². The van der Waals surface area contributed by atoms with E-state index in [-0.39, 0.29) is 12.3 Å². The van der Waals surface area contributed by atoms with Crippen molar-refractivity contribution >= 4 is 5.97 Å². The largest absolute Gasteiger partial charge is 0.508 e. The van der Waals surface area contributed by atoms with Gasteiger partial charge >= 0.3 is 5.97 Å². The second-order valence-corrected chi connectivity index (χ2v) is 2.87. The molecule has 4 nitrogen and oxygen atoms in total. The average Bonchev–Trinajstić information content (AvgIpc) is 2.21. The number of methoxy groups -OCH3 is 1. The molecule has 0 aliphatic heterocycles. The lowest BCUT2D eigenvalue weighted by atomic mass is 9.99. The minimum atomic E-state index is -0.569. The monoisotopic (exact) mass is 194 g/mol. The van der Waals surface area contributed by atoms with E-state index in [4.69, 9.17) is 10.8 Å². The van der Waals surface area contributed by atoms with Gasteiger partial charge in [-0.25, -0.2) is 0 Å². The lowest BCUT2D eigenvalue weighted by Crippen LogP contribution is -2.18. The second-order valence-electron chi connectivity index (χ2n) is 2.87. The molecule has 0 saturated carbocycles. The highest BCUT2D eigenvalue weighted by Gasteiger charge is 2.19. The van der Waals surface area contributed by atoms with Gasteiger partial charge in [0, 0.05) is 6.54 Å². The number of benzene rings is 1. The average molecular weight is 194 g/mol. The van der Waals surface area contributed by atoms with Crippen LogP contribution in [0.1, 0.15) is 11.5 Å². The third kappa shape index (κ3) is 2.23. The summed E-state index contributed by atoms with van der Waals surface area (Å²) in [5.74, 6) is -0.853. The highest BCUT2D eigenvalue weighted by molar-refractivity contribution is 5.78. The summed E-state index contributed by atoms with van der Waals surface area (Å²) in [4.78, 5) is 11.2. The number of hydrogen-bond donors (Lipinski definition) is 1. The zero-order valence-corrected chi connectivity index (χ0v) is 7.86. The van der Waals surface area contributed by atoms with Crippen LogP contribution in [0.25, 0.3) is 0 Å². The summed E-state index contributed by atoms with van der Waals surface area (Å²) in [6, 6.07) is 6.21. The first-order valence-electron chi connectivity index (χ1n) is 4.20. The van der Waals surface area contributed by atoms with Crippen molar-refractivity contribution in [2.24, 2.45) is 0 Å². The van der Waals surface area contributed by atoms with Gasteiger partial charge in [0.25, 0.3) is 0 Å². The molecule has 1 radical (unpaired) electrons. The van der Waals surface area contributed by atoms with Crippen molar-refractivity contribution in [2.45, 2.75) is 5.92 Å². The molecule has 1 rings (SSSR count). The molecule has 75 valence electrons. The maximum atomic E-state index is 11.2. The van der Waals surface area contributed by atoms with Crippen LogP contribution in [0.3, 0.4) is 0 Å². The third-order valence-corrected chi connectivity index (χ3v) is 1.99. The Hall–Kier alpha value is -1.55. The van der Waals surface area contributed by atoms with Crippen molar-refractivity contribution < 1.29 is 14.6 Å². The number of phenolic OH excluding ortho intramolecular Hbond substituents is 1. The first-order valence-corrected chi connectivity index (χ1v) is 4.20. The number of hydrogen-bond acceptors (Lipinski definition) is 3. The number of phenols is 1. The molecule has 1 aromatic rings. The van der Waals surface area contributed by atoms with Crippen LogP contribution in [0.4, 0.5) is 0 Å². The normalized spacial score (nSPS) is 12.1.